The first-order chi connectivity index (χ1) is 11.3. The molecule has 0 saturated heterocycles. The standard InChI is InChI=1S/C20H36N2O/c1-19(17-22-23-2)13-10-8-6-4-3-5-7-9-11-14-20-15-12-16-21-18-20/h12,15-16,18-19,22H,3-11,13-14,17H2,1-2H3. The molecule has 23 heavy (non-hydrogen) atoms. The molecule has 1 N–H and O–H groups in total. The van der Waals surface area contributed by atoms with E-state index in [4.69, 9.17) is 4.84 Å². The Balaban J connectivity index is 1.78. The lowest BCUT2D eigenvalue weighted by Crippen LogP contribution is -2.19. The summed E-state index contributed by atoms with van der Waals surface area (Å²) in [5, 5.41) is 0. The topological polar surface area (TPSA) is 34.1 Å². The molecule has 0 aromatic carbocycles. The van der Waals surface area contributed by atoms with Crippen molar-refractivity contribution in [3.63, 3.8) is 0 Å². The summed E-state index contributed by atoms with van der Waals surface area (Å²) in [5.74, 6) is 0.717. The Kier molecular flexibility index (Phi) is 12.8. The van der Waals surface area contributed by atoms with Crippen molar-refractivity contribution in [3.8, 4) is 0 Å². The zero-order valence-corrected chi connectivity index (χ0v) is 15.2. The van der Waals surface area contributed by atoms with Crippen molar-refractivity contribution in [2.45, 2.75) is 77.6 Å². The molecule has 1 aromatic rings. The zero-order valence-electron chi connectivity index (χ0n) is 15.2. The molecule has 1 heterocycles. The van der Waals surface area contributed by atoms with E-state index in [9.17, 15) is 0 Å². The van der Waals surface area contributed by atoms with Crippen LogP contribution in [0.4, 0.5) is 0 Å². The fraction of sp³-hybridized carbons (Fsp3) is 0.750. The molecule has 1 atom stereocenters. The van der Waals surface area contributed by atoms with Crippen LogP contribution in [0.25, 0.3) is 0 Å². The molecule has 1 aromatic heterocycles. The number of unbranched alkanes of at least 4 members (excludes halogenated alkanes) is 8. The Morgan fingerprint density at radius 1 is 1.00 bits per heavy atom. The molecule has 3 nitrogen and oxygen atoms in total. The van der Waals surface area contributed by atoms with E-state index in [1.165, 1.54) is 76.2 Å². The van der Waals surface area contributed by atoms with E-state index < -0.39 is 0 Å². The van der Waals surface area contributed by atoms with Crippen molar-refractivity contribution in [2.24, 2.45) is 5.92 Å². The molecular weight excluding hydrogens is 284 g/mol. The van der Waals surface area contributed by atoms with Crippen LogP contribution in [0.2, 0.25) is 0 Å². The number of nitrogens with zero attached hydrogens (tertiary/aromatic N) is 1. The van der Waals surface area contributed by atoms with Gasteiger partial charge in [0.15, 0.2) is 0 Å². The number of hydrogen-bond donors (Lipinski definition) is 1. The van der Waals surface area contributed by atoms with Gasteiger partial charge in [0.2, 0.25) is 0 Å². The van der Waals surface area contributed by atoms with Crippen LogP contribution in [0.3, 0.4) is 0 Å². The molecule has 1 rings (SSSR count). The first kappa shape index (κ1) is 20.1. The Morgan fingerprint density at radius 3 is 2.26 bits per heavy atom. The highest BCUT2D eigenvalue weighted by Gasteiger charge is 2.01. The Morgan fingerprint density at radius 2 is 1.65 bits per heavy atom. The summed E-state index contributed by atoms with van der Waals surface area (Å²) in [5.41, 5.74) is 4.32. The number of nitrogens with one attached hydrogen (secondary N) is 1. The molecule has 132 valence electrons. The van der Waals surface area contributed by atoms with Gasteiger partial charge in [-0.05, 0) is 36.8 Å². The van der Waals surface area contributed by atoms with Gasteiger partial charge in [-0.15, -0.1) is 0 Å². The van der Waals surface area contributed by atoms with Crippen molar-refractivity contribution in [3.05, 3.63) is 30.1 Å². The molecule has 0 aliphatic heterocycles. The van der Waals surface area contributed by atoms with Gasteiger partial charge in [0.25, 0.3) is 0 Å². The van der Waals surface area contributed by atoms with E-state index in [0.717, 1.165) is 12.5 Å². The summed E-state index contributed by atoms with van der Waals surface area (Å²) in [4.78, 5) is 9.05. The van der Waals surface area contributed by atoms with Crippen molar-refractivity contribution in [1.82, 2.24) is 10.5 Å². The average molecular weight is 321 g/mol. The van der Waals surface area contributed by atoms with Gasteiger partial charge in [-0.1, -0.05) is 64.4 Å². The number of hydroxylamine groups is 1. The third-order valence-corrected chi connectivity index (χ3v) is 4.46. The van der Waals surface area contributed by atoms with Gasteiger partial charge in [0.1, 0.15) is 0 Å². The zero-order chi connectivity index (χ0) is 16.6. The van der Waals surface area contributed by atoms with E-state index >= 15 is 0 Å². The van der Waals surface area contributed by atoms with Gasteiger partial charge in [-0.3, -0.25) is 4.98 Å². The number of aryl methyl sites for hydroxylation is 1. The van der Waals surface area contributed by atoms with Crippen molar-refractivity contribution < 1.29 is 4.84 Å². The summed E-state index contributed by atoms with van der Waals surface area (Å²) in [6, 6.07) is 4.21. The van der Waals surface area contributed by atoms with E-state index in [1.807, 2.05) is 18.5 Å². The fourth-order valence-electron chi connectivity index (χ4n) is 2.93. The summed E-state index contributed by atoms with van der Waals surface area (Å²) in [7, 11) is 1.69. The van der Waals surface area contributed by atoms with Crippen LogP contribution in [0.1, 0.15) is 76.7 Å². The molecule has 0 amide bonds. The number of pyridine rings is 1. The largest absolute Gasteiger partial charge is 0.305 e. The van der Waals surface area contributed by atoms with Gasteiger partial charge >= 0.3 is 0 Å². The quantitative estimate of drug-likeness (QED) is 0.351. The minimum Gasteiger partial charge on any atom is -0.305 e. The van der Waals surface area contributed by atoms with Gasteiger partial charge < -0.3 is 4.84 Å². The summed E-state index contributed by atoms with van der Waals surface area (Å²) in [6.45, 7) is 3.26. The SMILES string of the molecule is CONCC(C)CCCCCCCCCCCc1cccnc1. The van der Waals surface area contributed by atoms with E-state index in [1.54, 1.807) is 7.11 Å². The minimum atomic E-state index is 0.717. The van der Waals surface area contributed by atoms with Crippen LogP contribution < -0.4 is 5.48 Å². The fourth-order valence-corrected chi connectivity index (χ4v) is 2.93. The molecule has 0 spiro atoms. The van der Waals surface area contributed by atoms with Crippen LogP contribution in [0, 0.1) is 5.92 Å². The van der Waals surface area contributed by atoms with E-state index in [0.29, 0.717) is 0 Å². The van der Waals surface area contributed by atoms with Crippen molar-refractivity contribution in [2.75, 3.05) is 13.7 Å². The smallest absolute Gasteiger partial charge is 0.0572 e. The highest BCUT2D eigenvalue weighted by atomic mass is 16.6. The first-order valence-corrected chi connectivity index (χ1v) is 9.47. The molecule has 3 heteroatoms. The Labute approximate surface area is 143 Å². The predicted molar refractivity (Wildman–Crippen MR) is 98.3 cm³/mol. The van der Waals surface area contributed by atoms with Crippen LogP contribution in [-0.4, -0.2) is 18.6 Å². The summed E-state index contributed by atoms with van der Waals surface area (Å²) >= 11 is 0. The minimum absolute atomic E-state index is 0.717. The maximum absolute atomic E-state index is 4.88. The molecule has 0 radical (unpaired) electrons. The third kappa shape index (κ3) is 12.2. The molecule has 0 aliphatic carbocycles. The van der Waals surface area contributed by atoms with Crippen molar-refractivity contribution >= 4 is 0 Å². The monoisotopic (exact) mass is 320 g/mol. The lowest BCUT2D eigenvalue weighted by Gasteiger charge is -2.10. The number of hydrogen-bond acceptors (Lipinski definition) is 3. The Hall–Kier alpha value is -0.930. The van der Waals surface area contributed by atoms with E-state index in [2.05, 4.69) is 23.5 Å². The second-order valence-corrected chi connectivity index (χ2v) is 6.74. The number of aromatic nitrogens is 1. The first-order valence-electron chi connectivity index (χ1n) is 9.47. The maximum atomic E-state index is 4.88. The predicted octanol–water partition coefficient (Wildman–Crippen LogP) is 5.31. The van der Waals surface area contributed by atoms with Crippen LogP contribution in [0.15, 0.2) is 24.5 Å². The molecular formula is C20H36N2O. The van der Waals surface area contributed by atoms with Gasteiger partial charge in [0, 0.05) is 18.9 Å². The van der Waals surface area contributed by atoms with Crippen LogP contribution in [0.5, 0.6) is 0 Å². The number of rotatable bonds is 15. The second-order valence-electron chi connectivity index (χ2n) is 6.74. The third-order valence-electron chi connectivity index (χ3n) is 4.46. The van der Waals surface area contributed by atoms with Gasteiger partial charge in [0.05, 0.1) is 7.11 Å². The molecule has 0 saturated carbocycles. The molecule has 1 unspecified atom stereocenters. The highest BCUT2D eigenvalue weighted by molar-refractivity contribution is 5.08. The summed E-state index contributed by atoms with van der Waals surface area (Å²) in [6.07, 6.45) is 18.8. The van der Waals surface area contributed by atoms with E-state index in [-0.39, 0.29) is 0 Å². The van der Waals surface area contributed by atoms with Crippen molar-refractivity contribution in [1.29, 1.82) is 0 Å². The normalized spacial score (nSPS) is 12.4. The van der Waals surface area contributed by atoms with Crippen LogP contribution >= 0.6 is 0 Å². The molecule has 0 aliphatic rings. The lowest BCUT2D eigenvalue weighted by atomic mass is 10.0. The molecule has 0 bridgehead atoms. The highest BCUT2D eigenvalue weighted by Crippen LogP contribution is 2.14. The van der Waals surface area contributed by atoms with Gasteiger partial charge in [-0.25, -0.2) is 5.48 Å². The maximum Gasteiger partial charge on any atom is 0.0572 e. The van der Waals surface area contributed by atoms with Gasteiger partial charge in [-0.2, -0.15) is 0 Å². The van der Waals surface area contributed by atoms with Crippen LogP contribution in [-0.2, 0) is 11.3 Å². The lowest BCUT2D eigenvalue weighted by molar-refractivity contribution is 0.0804. The second kappa shape index (κ2) is 14.6. The summed E-state index contributed by atoms with van der Waals surface area (Å²) < 4.78 is 0. The Bertz CT molecular complexity index is 356. The molecule has 0 fully saturated rings. The average Bonchev–Trinajstić information content (AvgIpc) is 2.58.